The Hall–Kier alpha value is -4.45. The molecule has 0 saturated heterocycles. The average molecular weight is 559 g/mol. The van der Waals surface area contributed by atoms with Crippen molar-refractivity contribution in [3.8, 4) is 0 Å². The van der Waals surface area contributed by atoms with E-state index in [-0.39, 0.29) is 31.2 Å². The summed E-state index contributed by atoms with van der Waals surface area (Å²) in [6.07, 6.45) is 1.69. The molecule has 4 aromatic rings. The van der Waals surface area contributed by atoms with Crippen LogP contribution in [0.3, 0.4) is 0 Å². The van der Waals surface area contributed by atoms with Gasteiger partial charge in [-0.15, -0.1) is 0 Å². The van der Waals surface area contributed by atoms with E-state index in [9.17, 15) is 14.4 Å². The van der Waals surface area contributed by atoms with Crippen molar-refractivity contribution in [3.05, 3.63) is 149 Å². The number of benzene rings is 4. The van der Waals surface area contributed by atoms with E-state index in [0.717, 1.165) is 22.3 Å². The first-order valence-electron chi connectivity index (χ1n) is 12.9. The molecule has 4 rings (SSSR count). The van der Waals surface area contributed by atoms with E-state index < -0.39 is 0 Å². The van der Waals surface area contributed by atoms with Gasteiger partial charge in [0.1, 0.15) is 5.78 Å². The zero-order valence-corrected chi connectivity index (χ0v) is 25.2. The van der Waals surface area contributed by atoms with Crippen molar-refractivity contribution < 1.29 is 28.2 Å². The van der Waals surface area contributed by atoms with Crippen LogP contribution in [0, 0.1) is 20.8 Å². The summed E-state index contributed by atoms with van der Waals surface area (Å²) < 4.78 is 0. The number of Topliss-reactive ketones (excluding diaryl/α,β-unsaturated/α-hetero) is 2. The number of ketones is 3. The Balaban J connectivity index is -0.000000253. The minimum atomic E-state index is 0. The van der Waals surface area contributed by atoms with Gasteiger partial charge in [-0.3, -0.25) is 9.59 Å². The van der Waals surface area contributed by atoms with Crippen molar-refractivity contribution in [2.24, 2.45) is 0 Å². The third-order valence-electron chi connectivity index (χ3n) is 5.18. The summed E-state index contributed by atoms with van der Waals surface area (Å²) in [7, 11) is 0. The topological polar surface area (TPSA) is 114 Å². The maximum absolute atomic E-state index is 12.0. The third kappa shape index (κ3) is 17.7. The molecule has 0 saturated carbocycles. The Labute approximate surface area is 248 Å². The molecule has 5 heteroatoms. The minimum Gasteiger partial charge on any atom is -0.412 e. The van der Waals surface area contributed by atoms with Gasteiger partial charge in [0.15, 0.2) is 11.6 Å². The Morgan fingerprint density at radius 1 is 0.512 bits per heavy atom. The summed E-state index contributed by atoms with van der Waals surface area (Å²) in [5.74, 6) is 0.336. The molecule has 0 spiro atoms. The quantitative estimate of drug-likeness (QED) is 0.189. The maximum atomic E-state index is 12.0. The highest BCUT2D eigenvalue weighted by molar-refractivity contribution is 6.08. The molecular weight excluding hydrogens is 512 g/mol. The number of carbonyl (C=O) groups excluding carboxylic acids is 3. The van der Waals surface area contributed by atoms with Crippen LogP contribution >= 0.6 is 0 Å². The van der Waals surface area contributed by atoms with Gasteiger partial charge in [-0.2, -0.15) is 0 Å². The Morgan fingerprint density at radius 2 is 0.805 bits per heavy atom. The van der Waals surface area contributed by atoms with Crippen LogP contribution in [-0.4, -0.2) is 28.3 Å². The van der Waals surface area contributed by atoms with Gasteiger partial charge in [0.2, 0.25) is 0 Å². The normalized spacial score (nSPS) is 9.39. The molecule has 0 aliphatic heterocycles. The molecule has 0 aromatic heterocycles. The van der Waals surface area contributed by atoms with Crippen LogP contribution in [0.15, 0.2) is 115 Å². The Morgan fingerprint density at radius 3 is 1.10 bits per heavy atom. The standard InChI is InChI=1S/C16H14O.C9H12.C8H8O.C3H6O.2H2O/c1-13(14-8-4-2-5-9-14)12-16(17)15-10-6-3-7-11-15;1-7-4-8(2)6-9(3)5-7;1-7(9)8-5-3-2-4-6-8;1-3(2)4;;/h2-12H,1H3;4-6H,1-3H3;2-6H,1H3;1-2H3;2*1H2/p+2/b13-12+;;;;;. The first-order valence-corrected chi connectivity index (χ1v) is 12.9. The van der Waals surface area contributed by atoms with Crippen LogP contribution in [0.5, 0.6) is 0 Å². The van der Waals surface area contributed by atoms with Gasteiger partial charge < -0.3 is 15.7 Å². The fourth-order valence-electron chi connectivity index (χ4n) is 3.54. The molecule has 0 aliphatic rings. The summed E-state index contributed by atoms with van der Waals surface area (Å²) in [5.41, 5.74) is 7.63. The smallest absolute Gasteiger partial charge is 0.412 e. The molecule has 0 unspecified atom stereocenters. The molecule has 0 heterocycles. The Kier molecular flexibility index (Phi) is 20.2. The molecule has 0 radical (unpaired) electrons. The van der Waals surface area contributed by atoms with Crippen LogP contribution in [0.25, 0.3) is 5.57 Å². The van der Waals surface area contributed by atoms with Crippen molar-refractivity contribution >= 4 is 22.9 Å². The van der Waals surface area contributed by atoms with Crippen molar-refractivity contribution in [1.29, 1.82) is 0 Å². The fourth-order valence-corrected chi connectivity index (χ4v) is 3.54. The van der Waals surface area contributed by atoms with Crippen molar-refractivity contribution in [2.45, 2.75) is 48.5 Å². The molecule has 0 fully saturated rings. The SMILES string of the molecule is C/C(=C\C(=O)c1ccccc1)c1ccccc1.CC(=O)c1ccccc1.CC(C)=O.Cc1cc(C)cc(C)c1.O.O.[H+].[H+]. The molecule has 4 aromatic carbocycles. The number of rotatable bonds is 4. The van der Waals surface area contributed by atoms with Crippen molar-refractivity contribution in [1.82, 2.24) is 0 Å². The highest BCUT2D eigenvalue weighted by atomic mass is 16.1. The highest BCUT2D eigenvalue weighted by Gasteiger charge is 2.02. The highest BCUT2D eigenvalue weighted by Crippen LogP contribution is 2.14. The lowest BCUT2D eigenvalue weighted by atomic mass is 10.0. The van der Waals surface area contributed by atoms with Gasteiger partial charge in [-0.05, 0) is 65.7 Å². The molecule has 0 amide bonds. The number of hydrogen-bond donors (Lipinski definition) is 0. The average Bonchev–Trinajstić information content (AvgIpc) is 2.90. The number of aryl methyl sites for hydroxylation is 3. The predicted octanol–water partition coefficient (Wildman–Crippen LogP) is 7.64. The van der Waals surface area contributed by atoms with Gasteiger partial charge in [-0.1, -0.05) is 126 Å². The van der Waals surface area contributed by atoms with E-state index in [4.69, 9.17) is 0 Å². The molecule has 5 nitrogen and oxygen atoms in total. The second-order valence-electron chi connectivity index (χ2n) is 9.42. The third-order valence-corrected chi connectivity index (χ3v) is 5.18. The number of carbonyl (C=O) groups is 3. The van der Waals surface area contributed by atoms with E-state index in [1.54, 1.807) is 13.0 Å². The molecule has 0 atom stereocenters. The fraction of sp³-hybridized carbons (Fsp3) is 0.194. The van der Waals surface area contributed by atoms with Crippen molar-refractivity contribution in [3.63, 3.8) is 0 Å². The zero-order chi connectivity index (χ0) is 29.2. The van der Waals surface area contributed by atoms with Gasteiger partial charge in [0, 0.05) is 11.1 Å². The zero-order valence-electron chi connectivity index (χ0n) is 27.2. The second-order valence-corrected chi connectivity index (χ2v) is 9.42. The summed E-state index contributed by atoms with van der Waals surface area (Å²) in [6.45, 7) is 12.9. The van der Waals surface area contributed by atoms with Crippen LogP contribution in [0.1, 0.15) is 73.5 Å². The predicted molar refractivity (Wildman–Crippen MR) is 174 cm³/mol. The molecule has 0 aliphatic carbocycles. The van der Waals surface area contributed by atoms with E-state index >= 15 is 0 Å². The summed E-state index contributed by atoms with van der Waals surface area (Å²) in [5, 5.41) is 0. The van der Waals surface area contributed by atoms with E-state index in [2.05, 4.69) is 39.0 Å². The van der Waals surface area contributed by atoms with Gasteiger partial charge in [0.25, 0.3) is 0 Å². The first kappa shape index (κ1) is 38.7. The van der Waals surface area contributed by atoms with Crippen LogP contribution in [0.4, 0.5) is 0 Å². The van der Waals surface area contributed by atoms with Crippen LogP contribution < -0.4 is 0 Å². The molecule has 0 bridgehead atoms. The largest absolute Gasteiger partial charge is 1.00 e. The number of hydrogen-bond acceptors (Lipinski definition) is 3. The van der Waals surface area contributed by atoms with E-state index in [0.29, 0.717) is 0 Å². The van der Waals surface area contributed by atoms with Crippen LogP contribution in [0.2, 0.25) is 0 Å². The van der Waals surface area contributed by atoms with E-state index in [1.807, 2.05) is 97.9 Å². The van der Waals surface area contributed by atoms with Crippen molar-refractivity contribution in [2.75, 3.05) is 0 Å². The lowest BCUT2D eigenvalue weighted by Gasteiger charge is -2.01. The summed E-state index contributed by atoms with van der Waals surface area (Å²) in [4.78, 5) is 32.0. The first-order chi connectivity index (χ1) is 18.5. The van der Waals surface area contributed by atoms with Crippen LogP contribution in [-0.2, 0) is 4.79 Å². The lowest BCUT2D eigenvalue weighted by molar-refractivity contribution is -0.115. The van der Waals surface area contributed by atoms with Gasteiger partial charge in [0.05, 0.1) is 0 Å². The molecule has 218 valence electrons. The van der Waals surface area contributed by atoms with E-state index in [1.165, 1.54) is 30.5 Å². The molecular formula is C36H46O5+2. The second kappa shape index (κ2) is 21.4. The van der Waals surface area contributed by atoms with Gasteiger partial charge in [-0.25, -0.2) is 0 Å². The lowest BCUT2D eigenvalue weighted by Crippen LogP contribution is -1.94. The summed E-state index contributed by atoms with van der Waals surface area (Å²) in [6, 6.07) is 35.0. The Bertz CT molecular complexity index is 1300. The molecule has 41 heavy (non-hydrogen) atoms. The maximum Gasteiger partial charge on any atom is 1.00 e. The molecule has 4 N–H and O–H groups in total. The van der Waals surface area contributed by atoms with Gasteiger partial charge >= 0.3 is 2.85 Å². The number of allylic oxidation sites excluding steroid dienone is 2. The minimum absolute atomic E-state index is 0. The monoisotopic (exact) mass is 558 g/mol. The summed E-state index contributed by atoms with van der Waals surface area (Å²) >= 11 is 0.